The molecule has 1 atom stereocenters. The second kappa shape index (κ2) is 12.1. The Hall–Kier alpha value is -3.65. The number of benzene rings is 3. The smallest absolute Gasteiger partial charge is 0.264 e. The quantitative estimate of drug-likeness (QED) is 0.430. The van der Waals surface area contributed by atoms with Crippen molar-refractivity contribution in [2.75, 3.05) is 17.9 Å². The van der Waals surface area contributed by atoms with Crippen molar-refractivity contribution in [1.82, 2.24) is 10.2 Å². The molecule has 0 radical (unpaired) electrons. The van der Waals surface area contributed by atoms with E-state index in [1.165, 1.54) is 24.1 Å². The lowest BCUT2D eigenvalue weighted by molar-refractivity contribution is -0.140. The highest BCUT2D eigenvalue weighted by atomic mass is 32.2. The summed E-state index contributed by atoms with van der Waals surface area (Å²) in [6.45, 7) is 7.27. The Morgan fingerprint density at radius 2 is 1.54 bits per heavy atom. The number of aryl methyl sites for hydroxylation is 3. The van der Waals surface area contributed by atoms with Crippen LogP contribution in [0.1, 0.15) is 35.6 Å². The molecular formula is C29H35N3O4S. The SMILES string of the molecule is CCC(C(=O)NC)N(Cc1ccccc1C)C(=O)CN(c1ccc(C)cc1C)S(=O)(=O)c1ccccc1. The third-order valence-electron chi connectivity index (χ3n) is 6.47. The van der Waals surface area contributed by atoms with Gasteiger partial charge in [-0.2, -0.15) is 0 Å². The van der Waals surface area contributed by atoms with E-state index in [9.17, 15) is 18.0 Å². The maximum absolute atomic E-state index is 14.0. The molecule has 37 heavy (non-hydrogen) atoms. The Balaban J connectivity index is 2.10. The minimum absolute atomic E-state index is 0.0894. The van der Waals surface area contributed by atoms with Gasteiger partial charge < -0.3 is 10.2 Å². The van der Waals surface area contributed by atoms with Gasteiger partial charge >= 0.3 is 0 Å². The van der Waals surface area contributed by atoms with Crippen molar-refractivity contribution in [3.63, 3.8) is 0 Å². The molecule has 3 aromatic carbocycles. The summed E-state index contributed by atoms with van der Waals surface area (Å²) in [4.78, 5) is 28.3. The Labute approximate surface area is 220 Å². The van der Waals surface area contributed by atoms with Crippen LogP contribution in [0.3, 0.4) is 0 Å². The van der Waals surface area contributed by atoms with Crippen molar-refractivity contribution in [2.24, 2.45) is 0 Å². The third kappa shape index (κ3) is 6.38. The Morgan fingerprint density at radius 3 is 2.14 bits per heavy atom. The molecule has 196 valence electrons. The van der Waals surface area contributed by atoms with Crippen LogP contribution in [0.15, 0.2) is 77.7 Å². The molecule has 8 heteroatoms. The van der Waals surface area contributed by atoms with E-state index in [1.807, 2.05) is 64.1 Å². The van der Waals surface area contributed by atoms with Crippen molar-refractivity contribution in [3.8, 4) is 0 Å². The summed E-state index contributed by atoms with van der Waals surface area (Å²) in [5, 5.41) is 2.64. The highest BCUT2D eigenvalue weighted by Crippen LogP contribution is 2.28. The van der Waals surface area contributed by atoms with E-state index in [-0.39, 0.29) is 17.3 Å². The molecule has 0 saturated carbocycles. The van der Waals surface area contributed by atoms with Gasteiger partial charge in [-0.25, -0.2) is 8.42 Å². The number of nitrogens with zero attached hydrogens (tertiary/aromatic N) is 2. The molecule has 0 aliphatic heterocycles. The number of hydrogen-bond donors (Lipinski definition) is 1. The zero-order chi connectivity index (χ0) is 27.2. The summed E-state index contributed by atoms with van der Waals surface area (Å²) >= 11 is 0. The van der Waals surface area contributed by atoms with Crippen molar-refractivity contribution in [1.29, 1.82) is 0 Å². The lowest BCUT2D eigenvalue weighted by Crippen LogP contribution is -2.52. The van der Waals surface area contributed by atoms with Crippen LogP contribution in [0.4, 0.5) is 5.69 Å². The van der Waals surface area contributed by atoms with E-state index in [2.05, 4.69) is 5.32 Å². The van der Waals surface area contributed by atoms with Crippen LogP contribution in [0.25, 0.3) is 0 Å². The van der Waals surface area contributed by atoms with Crippen LogP contribution in [-0.4, -0.2) is 44.8 Å². The number of carbonyl (C=O) groups is 2. The minimum Gasteiger partial charge on any atom is -0.357 e. The average molecular weight is 522 g/mol. The van der Waals surface area contributed by atoms with E-state index < -0.39 is 28.5 Å². The van der Waals surface area contributed by atoms with E-state index in [1.54, 1.807) is 24.3 Å². The third-order valence-corrected chi connectivity index (χ3v) is 8.24. The number of hydrogen-bond acceptors (Lipinski definition) is 4. The zero-order valence-electron chi connectivity index (χ0n) is 22.1. The number of anilines is 1. The average Bonchev–Trinajstić information content (AvgIpc) is 2.88. The van der Waals surface area contributed by atoms with Gasteiger partial charge in [-0.05, 0) is 62.1 Å². The van der Waals surface area contributed by atoms with Crippen LogP contribution in [-0.2, 0) is 26.2 Å². The molecule has 3 aromatic rings. The predicted octanol–water partition coefficient (Wildman–Crippen LogP) is 4.36. The first-order valence-corrected chi connectivity index (χ1v) is 13.7. The Morgan fingerprint density at radius 1 is 0.892 bits per heavy atom. The fraction of sp³-hybridized carbons (Fsp3) is 0.310. The molecule has 3 rings (SSSR count). The fourth-order valence-corrected chi connectivity index (χ4v) is 5.88. The number of likely N-dealkylation sites (N-methyl/N-ethyl adjacent to an activating group) is 1. The van der Waals surface area contributed by atoms with Crippen LogP contribution in [0, 0.1) is 20.8 Å². The highest BCUT2D eigenvalue weighted by molar-refractivity contribution is 7.92. The second-order valence-corrected chi connectivity index (χ2v) is 11.0. The number of rotatable bonds is 10. The maximum Gasteiger partial charge on any atom is 0.264 e. The van der Waals surface area contributed by atoms with Gasteiger partial charge in [-0.3, -0.25) is 13.9 Å². The van der Waals surface area contributed by atoms with Crippen molar-refractivity contribution >= 4 is 27.5 Å². The molecule has 7 nitrogen and oxygen atoms in total. The van der Waals surface area contributed by atoms with Gasteiger partial charge in [0.1, 0.15) is 12.6 Å². The number of amides is 2. The molecule has 0 fully saturated rings. The van der Waals surface area contributed by atoms with Crippen LogP contribution >= 0.6 is 0 Å². The number of sulfonamides is 1. The molecule has 0 heterocycles. The van der Waals surface area contributed by atoms with Gasteiger partial charge in [0, 0.05) is 13.6 Å². The van der Waals surface area contributed by atoms with Crippen LogP contribution < -0.4 is 9.62 Å². The maximum atomic E-state index is 14.0. The molecule has 0 aliphatic rings. The van der Waals surface area contributed by atoms with Crippen LogP contribution in [0.2, 0.25) is 0 Å². The largest absolute Gasteiger partial charge is 0.357 e. The summed E-state index contributed by atoms with van der Waals surface area (Å²) in [7, 11) is -2.54. The highest BCUT2D eigenvalue weighted by Gasteiger charge is 2.34. The first kappa shape index (κ1) is 27.9. The Bertz CT molecular complexity index is 1360. The summed E-state index contributed by atoms with van der Waals surface area (Å²) in [6.07, 6.45) is 0.381. The normalized spacial score (nSPS) is 12.0. The van der Waals surface area contributed by atoms with Gasteiger partial charge in [-0.15, -0.1) is 0 Å². The van der Waals surface area contributed by atoms with E-state index in [0.29, 0.717) is 12.1 Å². The fourth-order valence-electron chi connectivity index (χ4n) is 4.38. The number of carbonyl (C=O) groups excluding carboxylic acids is 2. The van der Waals surface area contributed by atoms with E-state index in [0.717, 1.165) is 26.6 Å². The first-order chi connectivity index (χ1) is 17.6. The first-order valence-electron chi connectivity index (χ1n) is 12.3. The number of nitrogens with one attached hydrogen (secondary N) is 1. The van der Waals surface area contributed by atoms with Gasteiger partial charge in [-0.1, -0.05) is 67.1 Å². The summed E-state index contributed by atoms with van der Waals surface area (Å²) in [6, 6.07) is 20.4. The molecule has 1 N–H and O–H groups in total. The summed E-state index contributed by atoms with van der Waals surface area (Å²) in [5.74, 6) is -0.758. The monoisotopic (exact) mass is 521 g/mol. The van der Waals surface area contributed by atoms with Gasteiger partial charge in [0.15, 0.2) is 0 Å². The van der Waals surface area contributed by atoms with Gasteiger partial charge in [0.05, 0.1) is 10.6 Å². The predicted molar refractivity (Wildman–Crippen MR) is 147 cm³/mol. The van der Waals surface area contributed by atoms with Crippen LogP contribution in [0.5, 0.6) is 0 Å². The standard InChI is InChI=1S/C29H35N3O4S/c1-6-26(29(34)30-5)31(19-24-13-11-10-12-22(24)3)28(33)20-32(27-17-16-21(2)18-23(27)4)37(35,36)25-14-8-7-9-15-25/h7-18,26H,6,19-20H2,1-5H3,(H,30,34). The molecule has 0 aliphatic carbocycles. The second-order valence-electron chi connectivity index (χ2n) is 9.10. The van der Waals surface area contributed by atoms with Gasteiger partial charge in [0.25, 0.3) is 10.0 Å². The lowest BCUT2D eigenvalue weighted by Gasteiger charge is -2.33. The van der Waals surface area contributed by atoms with Crippen molar-refractivity contribution < 1.29 is 18.0 Å². The molecule has 0 bridgehead atoms. The molecule has 0 spiro atoms. The molecule has 2 amide bonds. The van der Waals surface area contributed by atoms with E-state index in [4.69, 9.17) is 0 Å². The summed E-state index contributed by atoms with van der Waals surface area (Å²) in [5.41, 5.74) is 4.01. The van der Waals surface area contributed by atoms with Crippen molar-refractivity contribution in [3.05, 3.63) is 95.1 Å². The minimum atomic E-state index is -4.07. The molecule has 0 saturated heterocycles. The topological polar surface area (TPSA) is 86.8 Å². The molecule has 1 unspecified atom stereocenters. The lowest BCUT2D eigenvalue weighted by atomic mass is 10.1. The zero-order valence-corrected chi connectivity index (χ0v) is 22.9. The van der Waals surface area contributed by atoms with Crippen molar-refractivity contribution in [2.45, 2.75) is 51.6 Å². The molecular weight excluding hydrogens is 486 g/mol. The molecule has 0 aromatic heterocycles. The van der Waals surface area contributed by atoms with E-state index >= 15 is 0 Å². The Kier molecular flexibility index (Phi) is 9.10. The van der Waals surface area contributed by atoms with Gasteiger partial charge in [0.2, 0.25) is 11.8 Å². The summed E-state index contributed by atoms with van der Waals surface area (Å²) < 4.78 is 28.8.